The molecule has 0 spiro atoms. The van der Waals surface area contributed by atoms with E-state index < -0.39 is 0 Å². The molecule has 0 radical (unpaired) electrons. The lowest BCUT2D eigenvalue weighted by Crippen LogP contribution is -2.11. The summed E-state index contributed by atoms with van der Waals surface area (Å²) in [4.78, 5) is 0. The Labute approximate surface area is 92.6 Å². The normalized spacial score (nSPS) is 10.7. The van der Waals surface area contributed by atoms with Crippen molar-refractivity contribution >= 4 is 0 Å². The maximum Gasteiger partial charge on any atom is 0.119 e. The summed E-state index contributed by atoms with van der Waals surface area (Å²) in [6.07, 6.45) is 1.04. The van der Waals surface area contributed by atoms with E-state index >= 15 is 0 Å². The minimum Gasteiger partial charge on any atom is -0.494 e. The lowest BCUT2D eigenvalue weighted by molar-refractivity contribution is 0.309. The van der Waals surface area contributed by atoms with Crippen LogP contribution in [0.1, 0.15) is 31.7 Å². The molecule has 0 aliphatic rings. The van der Waals surface area contributed by atoms with E-state index in [0.717, 1.165) is 25.3 Å². The molecule has 0 aliphatic heterocycles. The van der Waals surface area contributed by atoms with Gasteiger partial charge in [0.15, 0.2) is 0 Å². The fourth-order valence-corrected chi connectivity index (χ4v) is 1.40. The Morgan fingerprint density at radius 1 is 1.33 bits per heavy atom. The number of hydrogen-bond donors (Lipinski definition) is 1. The van der Waals surface area contributed by atoms with E-state index in [1.54, 1.807) is 0 Å². The quantitative estimate of drug-likeness (QED) is 0.724. The highest BCUT2D eigenvalue weighted by Crippen LogP contribution is 2.19. The minimum absolute atomic E-state index is 0.561. The zero-order valence-corrected chi connectivity index (χ0v) is 9.92. The first-order chi connectivity index (χ1) is 7.24. The van der Waals surface area contributed by atoms with Crippen LogP contribution >= 0.6 is 0 Å². The molecule has 0 atom stereocenters. The van der Waals surface area contributed by atoms with Crippen molar-refractivity contribution in [1.29, 1.82) is 0 Å². The van der Waals surface area contributed by atoms with Gasteiger partial charge >= 0.3 is 0 Å². The largest absolute Gasteiger partial charge is 0.494 e. The van der Waals surface area contributed by atoms with E-state index in [2.05, 4.69) is 37.4 Å². The summed E-state index contributed by atoms with van der Waals surface area (Å²) in [6, 6.07) is 8.35. The van der Waals surface area contributed by atoms with Gasteiger partial charge in [-0.15, -0.1) is 0 Å². The third kappa shape index (κ3) is 4.34. The first-order valence-corrected chi connectivity index (χ1v) is 5.61. The number of rotatable bonds is 6. The summed E-state index contributed by atoms with van der Waals surface area (Å²) in [5.41, 5.74) is 1.33. The van der Waals surface area contributed by atoms with Crippen molar-refractivity contribution in [3.05, 3.63) is 29.8 Å². The number of nitrogens with one attached hydrogen (secondary N) is 1. The first kappa shape index (κ1) is 12.1. The van der Waals surface area contributed by atoms with Crippen LogP contribution in [0.4, 0.5) is 0 Å². The molecular formula is C13H21NO. The van der Waals surface area contributed by atoms with Crippen molar-refractivity contribution in [1.82, 2.24) is 5.32 Å². The van der Waals surface area contributed by atoms with E-state index in [4.69, 9.17) is 4.74 Å². The number of ether oxygens (including phenoxy) is 1. The average Bonchev–Trinajstić information content (AvgIpc) is 2.25. The van der Waals surface area contributed by atoms with Gasteiger partial charge in [-0.3, -0.25) is 0 Å². The van der Waals surface area contributed by atoms with E-state index in [9.17, 15) is 0 Å². The third-order valence-corrected chi connectivity index (χ3v) is 2.36. The summed E-state index contributed by atoms with van der Waals surface area (Å²) in [7, 11) is 1.96. The van der Waals surface area contributed by atoms with Crippen LogP contribution in [0.25, 0.3) is 0 Å². The SMILES string of the molecule is CNCCCOc1cccc(C(C)C)c1. The standard InChI is InChI=1S/C13H21NO/c1-11(2)12-6-4-7-13(10-12)15-9-5-8-14-3/h4,6-7,10-11,14H,5,8-9H2,1-3H3. The Morgan fingerprint density at radius 2 is 2.13 bits per heavy atom. The lowest BCUT2D eigenvalue weighted by atomic mass is 10.0. The molecule has 1 aromatic carbocycles. The van der Waals surface area contributed by atoms with Crippen LogP contribution in [0.2, 0.25) is 0 Å². The second-order valence-electron chi connectivity index (χ2n) is 4.03. The summed E-state index contributed by atoms with van der Waals surface area (Å²) >= 11 is 0. The van der Waals surface area contributed by atoms with Crippen LogP contribution in [0.3, 0.4) is 0 Å². The number of benzene rings is 1. The Kier molecular flexibility index (Phi) is 5.19. The molecule has 0 heterocycles. The molecule has 0 saturated heterocycles. The summed E-state index contributed by atoms with van der Waals surface area (Å²) < 4.78 is 5.66. The van der Waals surface area contributed by atoms with E-state index in [1.165, 1.54) is 5.56 Å². The van der Waals surface area contributed by atoms with Crippen LogP contribution in [-0.4, -0.2) is 20.2 Å². The second kappa shape index (κ2) is 6.46. The van der Waals surface area contributed by atoms with Crippen molar-refractivity contribution in [3.8, 4) is 5.75 Å². The summed E-state index contributed by atoms with van der Waals surface area (Å²) in [6.45, 7) is 6.17. The molecule has 15 heavy (non-hydrogen) atoms. The van der Waals surface area contributed by atoms with Gasteiger partial charge < -0.3 is 10.1 Å². The Morgan fingerprint density at radius 3 is 2.80 bits per heavy atom. The third-order valence-electron chi connectivity index (χ3n) is 2.36. The zero-order valence-electron chi connectivity index (χ0n) is 9.92. The van der Waals surface area contributed by atoms with Crippen molar-refractivity contribution in [2.45, 2.75) is 26.2 Å². The van der Waals surface area contributed by atoms with E-state index in [0.29, 0.717) is 5.92 Å². The minimum atomic E-state index is 0.561. The maximum atomic E-state index is 5.66. The molecule has 0 amide bonds. The first-order valence-electron chi connectivity index (χ1n) is 5.61. The van der Waals surface area contributed by atoms with Gasteiger partial charge in [0.25, 0.3) is 0 Å². The summed E-state index contributed by atoms with van der Waals surface area (Å²) in [5.74, 6) is 1.54. The fourth-order valence-electron chi connectivity index (χ4n) is 1.40. The molecule has 1 N–H and O–H groups in total. The molecule has 0 fully saturated rings. The highest BCUT2D eigenvalue weighted by atomic mass is 16.5. The molecule has 0 unspecified atom stereocenters. The van der Waals surface area contributed by atoms with E-state index in [1.807, 2.05) is 13.1 Å². The van der Waals surface area contributed by atoms with Gasteiger partial charge in [0.1, 0.15) is 5.75 Å². The van der Waals surface area contributed by atoms with Crippen molar-refractivity contribution < 1.29 is 4.74 Å². The van der Waals surface area contributed by atoms with Gasteiger partial charge in [-0.25, -0.2) is 0 Å². The molecule has 0 saturated carbocycles. The summed E-state index contributed by atoms with van der Waals surface area (Å²) in [5, 5.41) is 3.10. The Balaban J connectivity index is 2.43. The maximum absolute atomic E-state index is 5.66. The molecule has 1 aromatic rings. The van der Waals surface area contributed by atoms with Crippen LogP contribution in [-0.2, 0) is 0 Å². The van der Waals surface area contributed by atoms with Gasteiger partial charge in [0, 0.05) is 0 Å². The van der Waals surface area contributed by atoms with Crippen LogP contribution in [0, 0.1) is 0 Å². The average molecular weight is 207 g/mol. The molecular weight excluding hydrogens is 186 g/mol. The molecule has 0 bridgehead atoms. The zero-order chi connectivity index (χ0) is 11.1. The molecule has 1 rings (SSSR count). The van der Waals surface area contributed by atoms with E-state index in [-0.39, 0.29) is 0 Å². The second-order valence-corrected chi connectivity index (χ2v) is 4.03. The van der Waals surface area contributed by atoms with Gasteiger partial charge in [0.2, 0.25) is 0 Å². The number of hydrogen-bond acceptors (Lipinski definition) is 2. The van der Waals surface area contributed by atoms with Crippen molar-refractivity contribution in [2.75, 3.05) is 20.2 Å². The molecule has 0 aliphatic carbocycles. The van der Waals surface area contributed by atoms with Crippen molar-refractivity contribution in [3.63, 3.8) is 0 Å². The Hall–Kier alpha value is -1.02. The van der Waals surface area contributed by atoms with Crippen LogP contribution < -0.4 is 10.1 Å². The van der Waals surface area contributed by atoms with Crippen LogP contribution in [0.15, 0.2) is 24.3 Å². The topological polar surface area (TPSA) is 21.3 Å². The van der Waals surface area contributed by atoms with Gasteiger partial charge in [-0.05, 0) is 43.6 Å². The Bertz CT molecular complexity index is 284. The molecule has 2 nitrogen and oxygen atoms in total. The lowest BCUT2D eigenvalue weighted by Gasteiger charge is -2.09. The predicted molar refractivity (Wildman–Crippen MR) is 64.6 cm³/mol. The van der Waals surface area contributed by atoms with Gasteiger partial charge in [-0.1, -0.05) is 26.0 Å². The monoisotopic (exact) mass is 207 g/mol. The highest BCUT2D eigenvalue weighted by molar-refractivity contribution is 5.30. The fraction of sp³-hybridized carbons (Fsp3) is 0.538. The molecule has 2 heteroatoms. The molecule has 84 valence electrons. The van der Waals surface area contributed by atoms with Crippen molar-refractivity contribution in [2.24, 2.45) is 0 Å². The highest BCUT2D eigenvalue weighted by Gasteiger charge is 2.00. The predicted octanol–water partition coefficient (Wildman–Crippen LogP) is 2.80. The molecule has 0 aromatic heterocycles. The van der Waals surface area contributed by atoms with Gasteiger partial charge in [0.05, 0.1) is 6.61 Å². The van der Waals surface area contributed by atoms with Gasteiger partial charge in [-0.2, -0.15) is 0 Å². The smallest absolute Gasteiger partial charge is 0.119 e. The van der Waals surface area contributed by atoms with Crippen LogP contribution in [0.5, 0.6) is 5.75 Å².